The first-order valence-electron chi connectivity index (χ1n) is 13.3. The van der Waals surface area contributed by atoms with E-state index in [2.05, 4.69) is 29.9 Å². The van der Waals surface area contributed by atoms with Crippen molar-refractivity contribution >= 4 is 44.1 Å². The molecule has 0 aliphatic carbocycles. The zero-order chi connectivity index (χ0) is 28.8. The Hall–Kier alpha value is -5.97. The standard InChI is InChI=1S/C32H15F3N8/c33-22-14-13-21-23(24(22)34)30-39-26-16-8-2-4-10-18(16)28(37-26)42-32-20-12-6-5-11-19(20)31(43(32)35)41-27-17-9-3-1-7-15(17)25(36-27)38-29(21)40-30/h1-14H,(H,36,37,38,39,40,41,42). The Balaban J connectivity index is 1.54. The van der Waals surface area contributed by atoms with Crippen LogP contribution in [0.15, 0.2) is 84.9 Å². The summed E-state index contributed by atoms with van der Waals surface area (Å²) in [6, 6.07) is 24.1. The molecule has 8 bridgehead atoms. The summed E-state index contributed by atoms with van der Waals surface area (Å²) in [7, 11) is 0. The van der Waals surface area contributed by atoms with Gasteiger partial charge in [0.2, 0.25) is 0 Å². The minimum Gasteiger partial charge on any atom is -0.324 e. The highest BCUT2D eigenvalue weighted by Crippen LogP contribution is 2.37. The van der Waals surface area contributed by atoms with Gasteiger partial charge in [-0.1, -0.05) is 77.3 Å². The molecule has 11 heteroatoms. The van der Waals surface area contributed by atoms with Gasteiger partial charge < -0.3 is 4.98 Å². The van der Waals surface area contributed by atoms with E-state index in [1.165, 1.54) is 6.07 Å². The third-order valence-corrected chi connectivity index (χ3v) is 7.70. The molecule has 2 aliphatic heterocycles. The summed E-state index contributed by atoms with van der Waals surface area (Å²) < 4.78 is 46.1. The van der Waals surface area contributed by atoms with Crippen LogP contribution in [-0.4, -0.2) is 39.7 Å². The molecule has 0 spiro atoms. The fourth-order valence-electron chi connectivity index (χ4n) is 5.73. The molecule has 3 aromatic heterocycles. The average molecular weight is 569 g/mol. The van der Waals surface area contributed by atoms with Crippen molar-refractivity contribution in [1.29, 1.82) is 0 Å². The first-order valence-corrected chi connectivity index (χ1v) is 13.3. The summed E-state index contributed by atoms with van der Waals surface area (Å²) in [6.07, 6.45) is 0. The van der Waals surface area contributed by atoms with Crippen LogP contribution >= 0.6 is 0 Å². The van der Waals surface area contributed by atoms with E-state index in [4.69, 9.17) is 4.98 Å². The van der Waals surface area contributed by atoms with Crippen LogP contribution in [0.4, 0.5) is 13.3 Å². The number of fused-ring (bicyclic) bond motifs is 20. The highest BCUT2D eigenvalue weighted by atomic mass is 19.2. The molecule has 0 saturated carbocycles. The fourth-order valence-corrected chi connectivity index (χ4v) is 5.73. The molecule has 2 aliphatic rings. The second-order valence-corrected chi connectivity index (χ2v) is 10.1. The molecule has 0 fully saturated rings. The monoisotopic (exact) mass is 568 g/mol. The lowest BCUT2D eigenvalue weighted by Crippen LogP contribution is -1.89. The van der Waals surface area contributed by atoms with Crippen LogP contribution in [0.2, 0.25) is 0 Å². The van der Waals surface area contributed by atoms with Gasteiger partial charge in [-0.05, 0) is 12.1 Å². The third-order valence-electron chi connectivity index (χ3n) is 7.70. The van der Waals surface area contributed by atoms with Gasteiger partial charge in [0, 0.05) is 38.4 Å². The van der Waals surface area contributed by atoms with Crippen LogP contribution in [0.5, 0.6) is 0 Å². The maximum absolute atomic E-state index is 16.2. The van der Waals surface area contributed by atoms with Crippen molar-refractivity contribution in [3.8, 4) is 45.6 Å². The van der Waals surface area contributed by atoms with Crippen LogP contribution in [0.25, 0.3) is 89.7 Å². The molecule has 8 nitrogen and oxygen atoms in total. The summed E-state index contributed by atoms with van der Waals surface area (Å²) in [5.74, 6) is -1.18. The molecule has 0 unspecified atom stereocenters. The summed E-state index contributed by atoms with van der Waals surface area (Å²) >= 11 is 0. The number of halogens is 3. The van der Waals surface area contributed by atoms with Crippen LogP contribution in [0.1, 0.15) is 0 Å². The summed E-state index contributed by atoms with van der Waals surface area (Å²) in [4.78, 5) is 31.5. The van der Waals surface area contributed by atoms with Crippen molar-refractivity contribution in [2.24, 2.45) is 0 Å². The Kier molecular flexibility index (Phi) is 4.70. The number of H-pyrrole nitrogens is 1. The Bertz CT molecular complexity index is 2520. The molecule has 0 saturated heterocycles. The van der Waals surface area contributed by atoms with E-state index < -0.39 is 11.6 Å². The summed E-state index contributed by atoms with van der Waals surface area (Å²) in [5, 5.41) is 1.29. The van der Waals surface area contributed by atoms with E-state index in [0.29, 0.717) is 43.2 Å². The number of aromatic nitrogens is 8. The molecule has 0 radical (unpaired) electrons. The van der Waals surface area contributed by atoms with Gasteiger partial charge in [-0.3, -0.25) is 0 Å². The normalized spacial score (nSPS) is 12.1. The van der Waals surface area contributed by atoms with Gasteiger partial charge in [-0.2, -0.15) is 0 Å². The molecule has 7 aromatic rings. The van der Waals surface area contributed by atoms with Crippen molar-refractivity contribution in [3.05, 3.63) is 96.6 Å². The zero-order valence-electron chi connectivity index (χ0n) is 21.8. The second kappa shape index (κ2) is 8.52. The molecule has 0 amide bonds. The van der Waals surface area contributed by atoms with Gasteiger partial charge in [-0.15, -0.1) is 4.79 Å². The molecule has 9 rings (SSSR count). The van der Waals surface area contributed by atoms with Gasteiger partial charge in [0.05, 0.1) is 5.39 Å². The van der Waals surface area contributed by atoms with Gasteiger partial charge in [0.1, 0.15) is 11.3 Å². The van der Waals surface area contributed by atoms with Crippen LogP contribution in [-0.2, 0) is 0 Å². The highest BCUT2D eigenvalue weighted by molar-refractivity contribution is 6.06. The summed E-state index contributed by atoms with van der Waals surface area (Å²) in [6.45, 7) is 0. The molecule has 0 atom stereocenters. The van der Waals surface area contributed by atoms with E-state index in [1.54, 1.807) is 42.5 Å². The van der Waals surface area contributed by atoms with Crippen LogP contribution < -0.4 is 0 Å². The zero-order valence-corrected chi connectivity index (χ0v) is 21.8. The average Bonchev–Trinajstić information content (AvgIpc) is 3.74. The largest absolute Gasteiger partial charge is 0.324 e. The Labute approximate surface area is 239 Å². The molecule has 5 heterocycles. The molecular weight excluding hydrogens is 553 g/mol. The Morgan fingerprint density at radius 1 is 0.488 bits per heavy atom. The Morgan fingerprint density at radius 3 is 1.49 bits per heavy atom. The number of nitrogens with one attached hydrogen (secondary N) is 1. The maximum Gasteiger partial charge on any atom is 0.175 e. The van der Waals surface area contributed by atoms with Gasteiger partial charge in [0.25, 0.3) is 0 Å². The van der Waals surface area contributed by atoms with E-state index in [1.807, 2.05) is 30.3 Å². The van der Waals surface area contributed by atoms with Crippen molar-refractivity contribution in [2.75, 3.05) is 0 Å². The van der Waals surface area contributed by atoms with E-state index in [9.17, 15) is 4.39 Å². The maximum atomic E-state index is 16.2. The van der Waals surface area contributed by atoms with Crippen LogP contribution in [0, 0.1) is 11.6 Å². The highest BCUT2D eigenvalue weighted by Gasteiger charge is 2.24. The molecular formula is C32H15F3N8. The third kappa shape index (κ3) is 3.32. The second-order valence-electron chi connectivity index (χ2n) is 10.1. The van der Waals surface area contributed by atoms with E-state index in [-0.39, 0.29) is 51.3 Å². The number of rotatable bonds is 0. The van der Waals surface area contributed by atoms with Crippen molar-refractivity contribution < 1.29 is 13.3 Å². The lowest BCUT2D eigenvalue weighted by molar-refractivity contribution is 0.399. The molecule has 43 heavy (non-hydrogen) atoms. The lowest BCUT2D eigenvalue weighted by Gasteiger charge is -1.97. The number of hydrogen-bond acceptors (Lipinski definition) is 6. The first-order chi connectivity index (χ1) is 21.0. The number of benzene rings is 4. The fraction of sp³-hybridized carbons (Fsp3) is 0. The smallest absolute Gasteiger partial charge is 0.175 e. The number of nitrogens with zero attached hydrogens (tertiary/aromatic N) is 7. The van der Waals surface area contributed by atoms with E-state index >= 15 is 8.87 Å². The topological polar surface area (TPSA) is 98.1 Å². The van der Waals surface area contributed by atoms with Crippen molar-refractivity contribution in [1.82, 2.24) is 39.7 Å². The molecule has 204 valence electrons. The quantitative estimate of drug-likeness (QED) is 0.205. The molecule has 4 aromatic carbocycles. The predicted molar refractivity (Wildman–Crippen MR) is 156 cm³/mol. The number of aromatic amines is 1. The first kappa shape index (κ1) is 23.7. The minimum atomic E-state index is -1.07. The predicted octanol–water partition coefficient (Wildman–Crippen LogP) is 7.35. The lowest BCUT2D eigenvalue weighted by atomic mass is 10.1. The Morgan fingerprint density at radius 2 is 0.953 bits per heavy atom. The summed E-state index contributed by atoms with van der Waals surface area (Å²) in [5.41, 5.74) is 2.75. The SMILES string of the molecule is Fc1ccc2c3nc4nc(nc5c6ccccc6c(nc6nc(nc([nH]3)c2c1F)-c1ccccc1-6)n5F)-c1ccccc1-4. The van der Waals surface area contributed by atoms with Crippen molar-refractivity contribution in [3.63, 3.8) is 0 Å². The van der Waals surface area contributed by atoms with Crippen molar-refractivity contribution in [2.45, 2.75) is 0 Å². The number of hydrogen-bond donors (Lipinski definition) is 1. The van der Waals surface area contributed by atoms with Gasteiger partial charge in [-0.25, -0.2) is 38.7 Å². The van der Waals surface area contributed by atoms with E-state index in [0.717, 1.165) is 6.07 Å². The molecule has 1 N–H and O–H groups in total. The van der Waals surface area contributed by atoms with Crippen LogP contribution in [0.3, 0.4) is 0 Å². The van der Waals surface area contributed by atoms with Gasteiger partial charge >= 0.3 is 0 Å². The minimum absolute atomic E-state index is 0.00209. The van der Waals surface area contributed by atoms with Gasteiger partial charge in [0.15, 0.2) is 46.2 Å².